The monoisotopic (exact) mass is 317 g/mol. The number of carbonyl (C=O) groups is 2. The number of aromatic nitrogens is 1. The van der Waals surface area contributed by atoms with E-state index in [1.807, 2.05) is 30.5 Å². The van der Waals surface area contributed by atoms with Crippen molar-refractivity contribution >= 4 is 28.2 Å². The molecular weight excluding hydrogens is 298 g/mol. The third-order valence-corrected chi connectivity index (χ3v) is 3.81. The molecular formula is C16H19N3O2S. The summed E-state index contributed by atoms with van der Waals surface area (Å²) in [6.45, 7) is 1.91. The SMILES string of the molecule is CC(N)Cc1csc(NC(=O)CCC(=O)c2ccccc2)n1. The van der Waals surface area contributed by atoms with Crippen LogP contribution in [0.3, 0.4) is 0 Å². The molecule has 2 aromatic rings. The minimum atomic E-state index is -0.203. The van der Waals surface area contributed by atoms with E-state index in [0.717, 1.165) is 5.69 Å². The molecule has 0 bridgehead atoms. The van der Waals surface area contributed by atoms with Gasteiger partial charge in [-0.05, 0) is 6.92 Å². The average Bonchev–Trinajstić information content (AvgIpc) is 2.92. The van der Waals surface area contributed by atoms with Crippen molar-refractivity contribution in [2.75, 3.05) is 5.32 Å². The average molecular weight is 317 g/mol. The number of ketones is 1. The molecule has 1 heterocycles. The Balaban J connectivity index is 1.80. The van der Waals surface area contributed by atoms with E-state index in [9.17, 15) is 9.59 Å². The summed E-state index contributed by atoms with van der Waals surface area (Å²) >= 11 is 1.37. The second-order valence-electron chi connectivity index (χ2n) is 5.16. The largest absolute Gasteiger partial charge is 0.328 e. The molecule has 116 valence electrons. The first-order chi connectivity index (χ1) is 10.5. The summed E-state index contributed by atoms with van der Waals surface area (Å²) in [5.41, 5.74) is 7.21. The molecule has 0 spiro atoms. The number of benzene rings is 1. The number of nitrogens with zero attached hydrogens (tertiary/aromatic N) is 1. The number of rotatable bonds is 7. The Morgan fingerprint density at radius 2 is 2.00 bits per heavy atom. The number of Topliss-reactive ketones (excluding diaryl/α,β-unsaturated/α-hetero) is 1. The minimum Gasteiger partial charge on any atom is -0.328 e. The second kappa shape index (κ2) is 7.82. The lowest BCUT2D eigenvalue weighted by atomic mass is 10.1. The Morgan fingerprint density at radius 1 is 1.27 bits per heavy atom. The molecule has 22 heavy (non-hydrogen) atoms. The standard InChI is InChI=1S/C16H19N3O2S/c1-11(17)9-13-10-22-16(18-13)19-15(21)8-7-14(20)12-5-3-2-4-6-12/h2-6,10-11H,7-9,17H2,1H3,(H,18,19,21). The van der Waals surface area contributed by atoms with Crippen LogP contribution < -0.4 is 11.1 Å². The van der Waals surface area contributed by atoms with Crippen molar-refractivity contribution < 1.29 is 9.59 Å². The lowest BCUT2D eigenvalue weighted by Gasteiger charge is -2.02. The highest BCUT2D eigenvalue weighted by Crippen LogP contribution is 2.17. The van der Waals surface area contributed by atoms with Crippen LogP contribution >= 0.6 is 11.3 Å². The highest BCUT2D eigenvalue weighted by molar-refractivity contribution is 7.13. The van der Waals surface area contributed by atoms with Crippen LogP contribution in [0, 0.1) is 0 Å². The van der Waals surface area contributed by atoms with Gasteiger partial charge in [0.1, 0.15) is 0 Å². The molecule has 0 aliphatic rings. The molecule has 0 radical (unpaired) electrons. The van der Waals surface area contributed by atoms with E-state index < -0.39 is 0 Å². The van der Waals surface area contributed by atoms with Crippen molar-refractivity contribution in [2.45, 2.75) is 32.2 Å². The highest BCUT2D eigenvalue weighted by Gasteiger charge is 2.11. The van der Waals surface area contributed by atoms with E-state index in [0.29, 0.717) is 17.1 Å². The fourth-order valence-electron chi connectivity index (χ4n) is 1.97. The van der Waals surface area contributed by atoms with Crippen molar-refractivity contribution in [1.29, 1.82) is 0 Å². The van der Waals surface area contributed by atoms with Gasteiger partial charge in [-0.15, -0.1) is 11.3 Å². The summed E-state index contributed by atoms with van der Waals surface area (Å²) in [6.07, 6.45) is 1.02. The normalized spacial score (nSPS) is 11.9. The number of thiazole rings is 1. The van der Waals surface area contributed by atoms with Crippen molar-refractivity contribution in [3.05, 3.63) is 47.0 Å². The van der Waals surface area contributed by atoms with Crippen LogP contribution in [-0.4, -0.2) is 22.7 Å². The zero-order chi connectivity index (χ0) is 15.9. The van der Waals surface area contributed by atoms with Crippen molar-refractivity contribution in [2.24, 2.45) is 5.73 Å². The summed E-state index contributed by atoms with van der Waals surface area (Å²) in [5, 5.41) is 5.15. The van der Waals surface area contributed by atoms with E-state index in [-0.39, 0.29) is 30.6 Å². The third kappa shape index (κ3) is 5.05. The van der Waals surface area contributed by atoms with Crippen molar-refractivity contribution in [1.82, 2.24) is 4.98 Å². The van der Waals surface area contributed by atoms with Gasteiger partial charge in [0.25, 0.3) is 0 Å². The van der Waals surface area contributed by atoms with Gasteiger partial charge in [0.15, 0.2) is 10.9 Å². The molecule has 3 N–H and O–H groups in total. The third-order valence-electron chi connectivity index (χ3n) is 3.00. The summed E-state index contributed by atoms with van der Waals surface area (Å²) in [4.78, 5) is 28.1. The number of hydrogen-bond acceptors (Lipinski definition) is 5. The van der Waals surface area contributed by atoms with Crippen LogP contribution in [-0.2, 0) is 11.2 Å². The maximum atomic E-state index is 11.9. The maximum absolute atomic E-state index is 11.9. The molecule has 2 rings (SSSR count). The van der Waals surface area contributed by atoms with E-state index in [1.54, 1.807) is 12.1 Å². The van der Waals surface area contributed by atoms with Gasteiger partial charge in [0.05, 0.1) is 5.69 Å². The summed E-state index contributed by atoms with van der Waals surface area (Å²) in [7, 11) is 0. The molecule has 5 nitrogen and oxygen atoms in total. The molecule has 0 saturated heterocycles. The van der Waals surface area contributed by atoms with E-state index in [2.05, 4.69) is 10.3 Å². The van der Waals surface area contributed by atoms with Gasteiger partial charge in [-0.25, -0.2) is 4.98 Å². The summed E-state index contributed by atoms with van der Waals surface area (Å²) in [6, 6.07) is 9.01. The van der Waals surface area contributed by atoms with Crippen LogP contribution in [0.15, 0.2) is 35.7 Å². The van der Waals surface area contributed by atoms with Gasteiger partial charge >= 0.3 is 0 Å². The first kappa shape index (κ1) is 16.3. The quantitative estimate of drug-likeness (QED) is 0.769. The number of nitrogens with two attached hydrogens (primary N) is 1. The van der Waals surface area contributed by atoms with Crippen LogP contribution in [0.25, 0.3) is 0 Å². The zero-order valence-electron chi connectivity index (χ0n) is 12.4. The molecule has 0 fully saturated rings. The number of carbonyl (C=O) groups excluding carboxylic acids is 2. The Labute approximate surface area is 133 Å². The van der Waals surface area contributed by atoms with Gasteiger partial charge in [-0.2, -0.15) is 0 Å². The summed E-state index contributed by atoms with van der Waals surface area (Å²) < 4.78 is 0. The number of hydrogen-bond donors (Lipinski definition) is 2. The molecule has 1 amide bonds. The fourth-order valence-corrected chi connectivity index (χ4v) is 2.70. The van der Waals surface area contributed by atoms with E-state index in [1.165, 1.54) is 11.3 Å². The lowest BCUT2D eigenvalue weighted by molar-refractivity contribution is -0.116. The molecule has 1 atom stereocenters. The molecule has 6 heteroatoms. The predicted octanol–water partition coefficient (Wildman–Crippen LogP) is 2.63. The van der Waals surface area contributed by atoms with Gasteiger partial charge in [0, 0.05) is 36.2 Å². The van der Waals surface area contributed by atoms with Crippen LogP contribution in [0.4, 0.5) is 5.13 Å². The number of amides is 1. The van der Waals surface area contributed by atoms with Crippen LogP contribution in [0.2, 0.25) is 0 Å². The topological polar surface area (TPSA) is 85.1 Å². The minimum absolute atomic E-state index is 0.0347. The smallest absolute Gasteiger partial charge is 0.226 e. The predicted molar refractivity (Wildman–Crippen MR) is 88.1 cm³/mol. The van der Waals surface area contributed by atoms with Crippen molar-refractivity contribution in [3.8, 4) is 0 Å². The fraction of sp³-hybridized carbons (Fsp3) is 0.312. The first-order valence-electron chi connectivity index (χ1n) is 7.12. The molecule has 0 aliphatic heterocycles. The summed E-state index contributed by atoms with van der Waals surface area (Å²) in [5.74, 6) is -0.237. The highest BCUT2D eigenvalue weighted by atomic mass is 32.1. The maximum Gasteiger partial charge on any atom is 0.226 e. The van der Waals surface area contributed by atoms with Crippen LogP contribution in [0.5, 0.6) is 0 Å². The van der Waals surface area contributed by atoms with E-state index in [4.69, 9.17) is 5.73 Å². The Bertz CT molecular complexity index is 638. The van der Waals surface area contributed by atoms with Gasteiger partial charge < -0.3 is 11.1 Å². The van der Waals surface area contributed by atoms with Crippen molar-refractivity contribution in [3.63, 3.8) is 0 Å². The second-order valence-corrected chi connectivity index (χ2v) is 6.02. The number of anilines is 1. The Kier molecular flexibility index (Phi) is 5.80. The molecule has 1 aromatic carbocycles. The van der Waals surface area contributed by atoms with Gasteiger partial charge in [0.2, 0.25) is 5.91 Å². The molecule has 1 unspecified atom stereocenters. The van der Waals surface area contributed by atoms with Gasteiger partial charge in [-0.1, -0.05) is 30.3 Å². The molecule has 0 saturated carbocycles. The Hall–Kier alpha value is -2.05. The van der Waals surface area contributed by atoms with Crippen LogP contribution in [0.1, 0.15) is 35.8 Å². The van der Waals surface area contributed by atoms with E-state index >= 15 is 0 Å². The van der Waals surface area contributed by atoms with Gasteiger partial charge in [-0.3, -0.25) is 9.59 Å². The molecule has 0 aliphatic carbocycles. The zero-order valence-corrected chi connectivity index (χ0v) is 13.2. The number of nitrogens with one attached hydrogen (secondary N) is 1. The Morgan fingerprint density at radius 3 is 2.68 bits per heavy atom. The molecule has 1 aromatic heterocycles. The lowest BCUT2D eigenvalue weighted by Crippen LogP contribution is -2.18. The first-order valence-corrected chi connectivity index (χ1v) is 8.00.